The van der Waals surface area contributed by atoms with Gasteiger partial charge in [-0.1, -0.05) is 24.3 Å². The number of benzene rings is 2. The van der Waals surface area contributed by atoms with Crippen molar-refractivity contribution in [3.63, 3.8) is 0 Å². The van der Waals surface area contributed by atoms with Crippen LogP contribution in [0.15, 0.2) is 36.4 Å². The van der Waals surface area contributed by atoms with E-state index in [9.17, 15) is 19.5 Å². The van der Waals surface area contributed by atoms with Gasteiger partial charge < -0.3 is 24.8 Å². The van der Waals surface area contributed by atoms with Gasteiger partial charge in [-0.05, 0) is 37.0 Å². The molecule has 0 bridgehead atoms. The third kappa shape index (κ3) is 5.03. The van der Waals surface area contributed by atoms with Crippen LogP contribution in [0.2, 0.25) is 0 Å². The zero-order valence-electron chi connectivity index (χ0n) is 20.8. The maximum absolute atomic E-state index is 13.3. The minimum atomic E-state index is -1.02. The molecule has 2 heterocycles. The van der Waals surface area contributed by atoms with E-state index in [0.29, 0.717) is 54.4 Å². The van der Waals surface area contributed by atoms with Crippen LogP contribution in [0.25, 0.3) is 10.2 Å². The molecule has 1 aromatic heterocycles. The summed E-state index contributed by atoms with van der Waals surface area (Å²) >= 11 is 1.40. The lowest BCUT2D eigenvalue weighted by molar-refractivity contribution is -0.145. The van der Waals surface area contributed by atoms with E-state index in [1.807, 2.05) is 31.2 Å². The summed E-state index contributed by atoms with van der Waals surface area (Å²) < 4.78 is 11.9. The third-order valence-electron chi connectivity index (χ3n) is 7.06. The summed E-state index contributed by atoms with van der Waals surface area (Å²) in [4.78, 5) is 44.6. The number of carbonyl (C=O) groups is 3. The number of methoxy groups -OCH3 is 1. The number of carboxylic acid groups (broad SMARTS) is 1. The van der Waals surface area contributed by atoms with Crippen LogP contribution in [-0.4, -0.2) is 65.7 Å². The van der Waals surface area contributed by atoms with Gasteiger partial charge >= 0.3 is 5.97 Å². The van der Waals surface area contributed by atoms with Gasteiger partial charge in [-0.3, -0.25) is 14.4 Å². The van der Waals surface area contributed by atoms with Crippen molar-refractivity contribution in [2.24, 2.45) is 5.41 Å². The molecular formula is C27H29N3O6S. The second-order valence-corrected chi connectivity index (χ2v) is 10.8. The average molecular weight is 524 g/mol. The number of aliphatic carboxylic acids is 1. The highest BCUT2D eigenvalue weighted by Crippen LogP contribution is 2.40. The van der Waals surface area contributed by atoms with Crippen LogP contribution in [0.5, 0.6) is 5.75 Å². The molecule has 1 unspecified atom stereocenters. The Hall–Kier alpha value is -3.50. The van der Waals surface area contributed by atoms with Gasteiger partial charge in [-0.15, -0.1) is 11.3 Å². The fourth-order valence-electron chi connectivity index (χ4n) is 5.28. The first-order valence-corrected chi connectivity index (χ1v) is 13.0. The predicted octanol–water partition coefficient (Wildman–Crippen LogP) is 3.04. The average Bonchev–Trinajstić information content (AvgIpc) is 3.46. The molecule has 5 rings (SSSR count). The minimum absolute atomic E-state index is 0.0287. The fraction of sp³-hybridized carbons (Fsp3) is 0.407. The zero-order valence-corrected chi connectivity index (χ0v) is 21.6. The van der Waals surface area contributed by atoms with E-state index >= 15 is 0 Å². The molecule has 0 spiro atoms. The van der Waals surface area contributed by atoms with E-state index in [1.165, 1.54) is 18.4 Å². The molecule has 2 aliphatic rings. The maximum atomic E-state index is 13.3. The summed E-state index contributed by atoms with van der Waals surface area (Å²) in [6, 6.07) is 11.2. The van der Waals surface area contributed by atoms with Crippen molar-refractivity contribution >= 4 is 39.3 Å². The number of fused-ring (bicyclic) bond motifs is 2. The number of morpholine rings is 1. The Labute approximate surface area is 218 Å². The molecule has 2 N–H and O–H groups in total. The van der Waals surface area contributed by atoms with Gasteiger partial charge in [0.2, 0.25) is 5.91 Å². The lowest BCUT2D eigenvalue weighted by Crippen LogP contribution is -2.44. The second kappa shape index (κ2) is 10.1. The van der Waals surface area contributed by atoms with Crippen LogP contribution >= 0.6 is 11.3 Å². The highest BCUT2D eigenvalue weighted by Gasteiger charge is 2.45. The van der Waals surface area contributed by atoms with Crippen molar-refractivity contribution in [1.29, 1.82) is 0 Å². The minimum Gasteiger partial charge on any atom is -0.496 e. The van der Waals surface area contributed by atoms with Crippen molar-refractivity contribution in [1.82, 2.24) is 15.2 Å². The van der Waals surface area contributed by atoms with E-state index in [0.717, 1.165) is 15.8 Å². The molecule has 1 saturated heterocycles. The Kier molecular flexibility index (Phi) is 6.87. The highest BCUT2D eigenvalue weighted by molar-refractivity contribution is 7.18. The predicted molar refractivity (Wildman–Crippen MR) is 138 cm³/mol. The lowest BCUT2D eigenvalue weighted by Gasteiger charge is -2.31. The Morgan fingerprint density at radius 2 is 1.97 bits per heavy atom. The fourth-order valence-corrected chi connectivity index (χ4v) is 6.20. The first-order valence-electron chi connectivity index (χ1n) is 12.2. The number of ether oxygens (including phenoxy) is 2. The Balaban J connectivity index is 1.34. The number of rotatable bonds is 7. The molecule has 1 aliphatic heterocycles. The number of amides is 2. The summed E-state index contributed by atoms with van der Waals surface area (Å²) in [5.74, 6) is -0.949. The van der Waals surface area contributed by atoms with Gasteiger partial charge in [-0.2, -0.15) is 0 Å². The normalized spacial score (nSPS) is 18.4. The molecule has 1 fully saturated rings. The van der Waals surface area contributed by atoms with E-state index in [4.69, 9.17) is 9.47 Å². The number of hydrogen-bond donors (Lipinski definition) is 2. The van der Waals surface area contributed by atoms with E-state index < -0.39 is 11.4 Å². The molecule has 9 nitrogen and oxygen atoms in total. The standard InChI is InChI=1S/C27H29N3O6S/c1-16-15-30(7-8-36-16)25(33)19-9-20-22(10-21(19)35-2)37-23(29-20)14-28-26(34)27(13-24(31)32)11-17-5-3-4-6-18(17)12-27/h3-6,9-10,16H,7-8,11-15H2,1-2H3,(H,28,34)(H,31,32). The van der Waals surface area contributed by atoms with Crippen molar-refractivity contribution in [3.05, 3.63) is 58.1 Å². The topological polar surface area (TPSA) is 118 Å². The van der Waals surface area contributed by atoms with Crippen LogP contribution in [0.1, 0.15) is 39.8 Å². The molecule has 10 heteroatoms. The molecule has 37 heavy (non-hydrogen) atoms. The van der Waals surface area contributed by atoms with Gasteiger partial charge in [0.25, 0.3) is 5.91 Å². The number of nitrogens with one attached hydrogen (secondary N) is 1. The number of thiazole rings is 1. The SMILES string of the molecule is COc1cc2sc(CNC(=O)C3(CC(=O)O)Cc4ccccc4C3)nc2cc1C(=O)N1CCOC(C)C1. The number of carbonyl (C=O) groups excluding carboxylic acids is 2. The van der Waals surface area contributed by atoms with E-state index in [1.54, 1.807) is 17.0 Å². The molecular weight excluding hydrogens is 494 g/mol. The van der Waals surface area contributed by atoms with Gasteiger partial charge in [0, 0.05) is 19.2 Å². The zero-order chi connectivity index (χ0) is 26.2. The Morgan fingerprint density at radius 1 is 1.24 bits per heavy atom. The van der Waals surface area contributed by atoms with Crippen molar-refractivity contribution in [3.8, 4) is 5.75 Å². The van der Waals surface area contributed by atoms with E-state index in [2.05, 4.69) is 10.3 Å². The number of nitrogens with zero attached hydrogens (tertiary/aromatic N) is 2. The summed E-state index contributed by atoms with van der Waals surface area (Å²) in [5, 5.41) is 13.1. The smallest absolute Gasteiger partial charge is 0.304 e. The van der Waals surface area contributed by atoms with Crippen molar-refractivity contribution < 1.29 is 29.0 Å². The number of hydrogen-bond acceptors (Lipinski definition) is 7. The molecule has 0 radical (unpaired) electrons. The van der Waals surface area contributed by atoms with Gasteiger partial charge in [0.15, 0.2) is 0 Å². The molecule has 1 aliphatic carbocycles. The quantitative estimate of drug-likeness (QED) is 0.489. The molecule has 194 valence electrons. The lowest BCUT2D eigenvalue weighted by atomic mass is 9.80. The maximum Gasteiger partial charge on any atom is 0.304 e. The summed E-state index contributed by atoms with van der Waals surface area (Å²) in [6.45, 7) is 3.62. The Morgan fingerprint density at radius 3 is 2.62 bits per heavy atom. The number of carboxylic acids is 1. The van der Waals surface area contributed by atoms with Crippen LogP contribution in [0, 0.1) is 5.41 Å². The Bertz CT molecular complexity index is 1340. The van der Waals surface area contributed by atoms with Crippen LogP contribution in [0.3, 0.4) is 0 Å². The first-order chi connectivity index (χ1) is 17.8. The largest absolute Gasteiger partial charge is 0.496 e. The van der Waals surface area contributed by atoms with Gasteiger partial charge in [0.1, 0.15) is 10.8 Å². The van der Waals surface area contributed by atoms with Crippen molar-refractivity contribution in [2.45, 2.75) is 38.8 Å². The van der Waals surface area contributed by atoms with E-state index in [-0.39, 0.29) is 30.9 Å². The van der Waals surface area contributed by atoms with Gasteiger partial charge in [-0.25, -0.2) is 4.98 Å². The summed E-state index contributed by atoms with van der Waals surface area (Å²) in [7, 11) is 1.53. The molecule has 0 saturated carbocycles. The molecule has 2 aromatic carbocycles. The highest BCUT2D eigenvalue weighted by atomic mass is 32.1. The van der Waals surface area contributed by atoms with Crippen LogP contribution < -0.4 is 10.1 Å². The first kappa shape index (κ1) is 25.2. The second-order valence-electron chi connectivity index (χ2n) is 9.72. The van der Waals surface area contributed by atoms with Crippen LogP contribution in [-0.2, 0) is 33.7 Å². The number of aromatic nitrogens is 1. The molecule has 2 amide bonds. The van der Waals surface area contributed by atoms with Crippen molar-refractivity contribution in [2.75, 3.05) is 26.8 Å². The molecule has 1 atom stereocenters. The third-order valence-corrected chi connectivity index (χ3v) is 8.08. The van der Waals surface area contributed by atoms with Crippen LogP contribution in [0.4, 0.5) is 0 Å². The summed E-state index contributed by atoms with van der Waals surface area (Å²) in [6.07, 6.45) is 0.517. The monoisotopic (exact) mass is 523 g/mol. The molecule has 3 aromatic rings. The summed E-state index contributed by atoms with van der Waals surface area (Å²) in [5.41, 5.74) is 2.09. The van der Waals surface area contributed by atoms with Gasteiger partial charge in [0.05, 0.1) is 54.0 Å².